The molecule has 44 heavy (non-hydrogen) atoms. The number of benzene rings is 3. The summed E-state index contributed by atoms with van der Waals surface area (Å²) >= 11 is 0. The minimum Gasteiger partial charge on any atom is -0.387 e. The first-order chi connectivity index (χ1) is 21.1. The third kappa shape index (κ3) is 11.6. The predicted octanol–water partition coefficient (Wildman–Crippen LogP) is 8.45. The Kier molecular flexibility index (Phi) is 15.4. The molecule has 0 saturated carbocycles. The molecule has 1 aromatic heterocycles. The molecule has 1 aliphatic heterocycles. The molecule has 0 spiro atoms. The van der Waals surface area contributed by atoms with Crippen molar-refractivity contribution in [1.29, 1.82) is 0 Å². The van der Waals surface area contributed by atoms with Crippen molar-refractivity contribution in [3.63, 3.8) is 0 Å². The second-order valence-corrected chi connectivity index (χ2v) is 10.6. The summed E-state index contributed by atoms with van der Waals surface area (Å²) in [4.78, 5) is 6.09. The van der Waals surface area contributed by atoms with E-state index in [2.05, 4.69) is 47.9 Å². The number of halogens is 3. The molecule has 4 aromatic rings. The molecule has 0 radical (unpaired) electrons. The molecular weight excluding hydrogens is 557 g/mol. The highest BCUT2D eigenvalue weighted by atomic mass is 19.1. The highest BCUT2D eigenvalue weighted by Crippen LogP contribution is 2.29. The van der Waals surface area contributed by atoms with E-state index in [4.69, 9.17) is 5.73 Å². The van der Waals surface area contributed by atoms with Crippen molar-refractivity contribution in [3.05, 3.63) is 143 Å². The number of nitrogens with zero attached hydrogens (tertiary/aromatic N) is 2. The number of aromatic nitrogens is 1. The first-order valence-corrected chi connectivity index (χ1v) is 15.1. The lowest BCUT2D eigenvalue weighted by Crippen LogP contribution is -2.27. The molecule has 236 valence electrons. The van der Waals surface area contributed by atoms with Gasteiger partial charge >= 0.3 is 0 Å². The van der Waals surface area contributed by atoms with E-state index in [0.29, 0.717) is 11.6 Å². The van der Waals surface area contributed by atoms with Crippen LogP contribution in [0, 0.1) is 31.3 Å². The molecule has 4 atom stereocenters. The van der Waals surface area contributed by atoms with E-state index in [0.717, 1.165) is 47.8 Å². The summed E-state index contributed by atoms with van der Waals surface area (Å²) in [6.07, 6.45) is 6.35. The smallest absolute Gasteiger partial charge is 0.146 e. The van der Waals surface area contributed by atoms with Crippen molar-refractivity contribution in [3.8, 4) is 0 Å². The molecule has 0 aliphatic carbocycles. The van der Waals surface area contributed by atoms with Gasteiger partial charge in [-0.1, -0.05) is 85.6 Å². The molecule has 3 aromatic carbocycles. The van der Waals surface area contributed by atoms with E-state index in [1.807, 2.05) is 63.2 Å². The first kappa shape index (κ1) is 36.3. The van der Waals surface area contributed by atoms with Gasteiger partial charge < -0.3 is 16.0 Å². The highest BCUT2D eigenvalue weighted by molar-refractivity contribution is 5.49. The van der Waals surface area contributed by atoms with Gasteiger partial charge in [0.05, 0.1) is 18.1 Å². The van der Waals surface area contributed by atoms with Crippen LogP contribution in [0.5, 0.6) is 0 Å². The van der Waals surface area contributed by atoms with Crippen molar-refractivity contribution in [2.75, 3.05) is 26.0 Å². The Balaban J connectivity index is 0.000000246. The molecular formula is C37H47F3N4. The number of hydrogen-bond acceptors (Lipinski definition) is 4. The van der Waals surface area contributed by atoms with Crippen LogP contribution in [0.2, 0.25) is 0 Å². The highest BCUT2D eigenvalue weighted by Gasteiger charge is 2.29. The summed E-state index contributed by atoms with van der Waals surface area (Å²) in [6.45, 7) is 12.9. The third-order valence-corrected chi connectivity index (χ3v) is 7.27. The predicted molar refractivity (Wildman–Crippen MR) is 179 cm³/mol. The van der Waals surface area contributed by atoms with Crippen LogP contribution >= 0.6 is 0 Å². The van der Waals surface area contributed by atoms with E-state index in [1.54, 1.807) is 19.3 Å². The van der Waals surface area contributed by atoms with Crippen LogP contribution in [-0.2, 0) is 6.42 Å². The van der Waals surface area contributed by atoms with Crippen molar-refractivity contribution < 1.29 is 13.2 Å². The SMILES string of the molecule is C=CC(N)C(c1ccc(C)cc1)c1cc(F)cc(F)c1.CC.CNc1cncc(F)c1CCC1CN1C.Cc1ccccc1. The minimum absolute atomic E-state index is 0.204. The molecule has 1 fully saturated rings. The van der Waals surface area contributed by atoms with Crippen LogP contribution in [0.25, 0.3) is 0 Å². The molecule has 7 heteroatoms. The Labute approximate surface area is 261 Å². The molecule has 4 unspecified atom stereocenters. The number of pyridine rings is 1. The van der Waals surface area contributed by atoms with E-state index in [9.17, 15) is 13.2 Å². The maximum atomic E-state index is 13.5. The fourth-order valence-electron chi connectivity index (χ4n) is 4.68. The standard InChI is InChI=1S/C17H17F2N.C11H16FN3.C7H8.C2H6/c1-3-16(20)17(12-6-4-11(2)5-7-12)13-8-14(18)10-15(19)9-13;1-13-11-6-14-5-10(12)9(11)4-3-8-7-15(8)2;1-7-5-3-2-4-6-7;1-2/h3-10,16-17H,1,20H2,2H3;5-6,8,13H,3-4,7H2,1-2H3;2-6H,1H3;1-2H3. The van der Waals surface area contributed by atoms with E-state index < -0.39 is 17.7 Å². The average molecular weight is 605 g/mol. The number of likely N-dealkylation sites (N-methyl/N-ethyl adjacent to an activating group) is 1. The van der Waals surface area contributed by atoms with E-state index >= 15 is 0 Å². The van der Waals surface area contributed by atoms with Crippen molar-refractivity contribution in [2.24, 2.45) is 5.73 Å². The van der Waals surface area contributed by atoms with Crippen LogP contribution in [0.15, 0.2) is 97.8 Å². The van der Waals surface area contributed by atoms with Gasteiger partial charge in [0.25, 0.3) is 0 Å². The molecule has 0 amide bonds. The van der Waals surface area contributed by atoms with Crippen LogP contribution in [0.3, 0.4) is 0 Å². The molecule has 4 nitrogen and oxygen atoms in total. The molecule has 1 saturated heterocycles. The maximum Gasteiger partial charge on any atom is 0.146 e. The number of hydrogen-bond donors (Lipinski definition) is 2. The monoisotopic (exact) mass is 604 g/mol. The zero-order valence-corrected chi connectivity index (χ0v) is 26.8. The lowest BCUT2D eigenvalue weighted by molar-refractivity contribution is 0.566. The van der Waals surface area contributed by atoms with Crippen LogP contribution in [0.1, 0.15) is 54.0 Å². The van der Waals surface area contributed by atoms with Crippen molar-refractivity contribution in [1.82, 2.24) is 9.88 Å². The Morgan fingerprint density at radius 2 is 1.50 bits per heavy atom. The fraction of sp³-hybridized carbons (Fsp3) is 0.324. The first-order valence-electron chi connectivity index (χ1n) is 15.1. The zero-order chi connectivity index (χ0) is 32.6. The van der Waals surface area contributed by atoms with E-state index in [1.165, 1.54) is 23.9 Å². The van der Waals surface area contributed by atoms with Gasteiger partial charge in [-0.3, -0.25) is 4.98 Å². The Morgan fingerprint density at radius 1 is 0.932 bits per heavy atom. The number of nitrogens with two attached hydrogens (primary N) is 1. The minimum atomic E-state index is -0.603. The van der Waals surface area contributed by atoms with Crippen LogP contribution in [-0.4, -0.2) is 42.6 Å². The van der Waals surface area contributed by atoms with Crippen molar-refractivity contribution >= 4 is 5.69 Å². The normalized spacial score (nSPS) is 16.0. The van der Waals surface area contributed by atoms with Gasteiger partial charge in [0.2, 0.25) is 0 Å². The largest absolute Gasteiger partial charge is 0.387 e. The summed E-state index contributed by atoms with van der Waals surface area (Å²) in [5.74, 6) is -1.73. The topological polar surface area (TPSA) is 53.9 Å². The molecule has 5 rings (SSSR count). The Hall–Kier alpha value is -3.94. The number of anilines is 1. The molecule has 2 heterocycles. The van der Waals surface area contributed by atoms with Gasteiger partial charge in [0.15, 0.2) is 0 Å². The summed E-state index contributed by atoms with van der Waals surface area (Å²) in [5, 5.41) is 2.98. The molecule has 0 bridgehead atoms. The third-order valence-electron chi connectivity index (χ3n) is 7.27. The number of nitrogens with one attached hydrogen (secondary N) is 1. The summed E-state index contributed by atoms with van der Waals surface area (Å²) < 4.78 is 40.3. The zero-order valence-electron chi connectivity index (χ0n) is 26.8. The van der Waals surface area contributed by atoms with Crippen LogP contribution in [0.4, 0.5) is 18.9 Å². The molecule has 1 aliphatic rings. The van der Waals surface area contributed by atoms with Crippen molar-refractivity contribution in [2.45, 2.75) is 58.5 Å². The van der Waals surface area contributed by atoms with Crippen LogP contribution < -0.4 is 11.1 Å². The second-order valence-electron chi connectivity index (χ2n) is 10.6. The Bertz CT molecular complexity index is 1390. The van der Waals surface area contributed by atoms with Gasteiger partial charge in [-0.25, -0.2) is 13.2 Å². The maximum absolute atomic E-state index is 13.5. The van der Waals surface area contributed by atoms with Gasteiger partial charge in [-0.05, 0) is 57.0 Å². The van der Waals surface area contributed by atoms with Gasteiger partial charge in [-0.2, -0.15) is 0 Å². The summed E-state index contributed by atoms with van der Waals surface area (Å²) in [5.41, 5.74) is 11.5. The summed E-state index contributed by atoms with van der Waals surface area (Å²) in [7, 11) is 3.88. The lowest BCUT2D eigenvalue weighted by atomic mass is 9.85. The Morgan fingerprint density at radius 3 is 1.98 bits per heavy atom. The molecule has 3 N–H and O–H groups in total. The fourth-order valence-corrected chi connectivity index (χ4v) is 4.68. The lowest BCUT2D eigenvalue weighted by Gasteiger charge is -2.23. The number of rotatable bonds is 8. The number of aryl methyl sites for hydroxylation is 2. The second kappa shape index (κ2) is 18.7. The van der Waals surface area contributed by atoms with Gasteiger partial charge in [-0.15, -0.1) is 6.58 Å². The quantitative estimate of drug-likeness (QED) is 0.157. The van der Waals surface area contributed by atoms with E-state index in [-0.39, 0.29) is 11.7 Å². The van der Waals surface area contributed by atoms with Gasteiger partial charge in [0.1, 0.15) is 17.5 Å². The average Bonchev–Trinajstić information content (AvgIpc) is 3.73. The summed E-state index contributed by atoms with van der Waals surface area (Å²) in [6, 6.07) is 21.7. The van der Waals surface area contributed by atoms with Gasteiger partial charge in [0, 0.05) is 43.2 Å².